The van der Waals surface area contributed by atoms with Gasteiger partial charge in [-0.05, 0) is 18.6 Å². The Kier molecular flexibility index (Phi) is 3.10. The molecule has 2 aromatic rings. The number of benzene rings is 1. The highest BCUT2D eigenvalue weighted by atomic mass is 16.1. The number of hydrogen-bond acceptors (Lipinski definition) is 2. The molecule has 1 heterocycles. The zero-order valence-corrected chi connectivity index (χ0v) is 9.18. The van der Waals surface area contributed by atoms with Gasteiger partial charge in [0, 0.05) is 23.9 Å². The minimum atomic E-state index is 0.136. The van der Waals surface area contributed by atoms with Gasteiger partial charge in [0.25, 0.3) is 0 Å². The maximum Gasteiger partial charge on any atom is 0.167 e. The van der Waals surface area contributed by atoms with Crippen LogP contribution in [0.1, 0.15) is 21.6 Å². The van der Waals surface area contributed by atoms with Crippen LogP contribution in [-0.2, 0) is 6.42 Å². The van der Waals surface area contributed by atoms with E-state index in [1.165, 1.54) is 0 Å². The van der Waals surface area contributed by atoms with Crippen molar-refractivity contribution in [2.45, 2.75) is 13.3 Å². The third kappa shape index (κ3) is 2.34. The number of nitrogens with zero attached hydrogens (tertiary/aromatic N) is 1. The topological polar surface area (TPSA) is 30.0 Å². The molecular formula is C14H13NO. The molecule has 1 aromatic heterocycles. The Morgan fingerprint density at radius 2 is 1.88 bits per heavy atom. The summed E-state index contributed by atoms with van der Waals surface area (Å²) < 4.78 is 0. The van der Waals surface area contributed by atoms with Crippen LogP contribution in [0.2, 0.25) is 0 Å². The fraction of sp³-hybridized carbons (Fsp3) is 0.143. The average Bonchev–Trinajstić information content (AvgIpc) is 2.33. The molecule has 0 aliphatic heterocycles. The normalized spacial score (nSPS) is 10.1. The van der Waals surface area contributed by atoms with Gasteiger partial charge in [-0.2, -0.15) is 0 Å². The van der Waals surface area contributed by atoms with E-state index in [-0.39, 0.29) is 5.78 Å². The first-order chi connectivity index (χ1) is 7.77. The fourth-order valence-electron chi connectivity index (χ4n) is 1.60. The van der Waals surface area contributed by atoms with E-state index in [9.17, 15) is 4.79 Å². The summed E-state index contributed by atoms with van der Waals surface area (Å²) >= 11 is 0. The Morgan fingerprint density at radius 1 is 1.12 bits per heavy atom. The van der Waals surface area contributed by atoms with Gasteiger partial charge in [0.05, 0.1) is 0 Å². The zero-order chi connectivity index (χ0) is 11.4. The summed E-state index contributed by atoms with van der Waals surface area (Å²) in [6.45, 7) is 1.92. The van der Waals surface area contributed by atoms with E-state index in [1.54, 1.807) is 6.20 Å². The highest BCUT2D eigenvalue weighted by molar-refractivity contribution is 5.97. The molecular weight excluding hydrogens is 198 g/mol. The van der Waals surface area contributed by atoms with Crippen LogP contribution in [0.15, 0.2) is 48.7 Å². The molecule has 1 aromatic carbocycles. The second-order valence-electron chi connectivity index (χ2n) is 3.71. The number of ketones is 1. The van der Waals surface area contributed by atoms with E-state index in [2.05, 4.69) is 4.98 Å². The summed E-state index contributed by atoms with van der Waals surface area (Å²) in [5, 5.41) is 0. The number of pyridine rings is 1. The molecule has 0 spiro atoms. The zero-order valence-electron chi connectivity index (χ0n) is 9.18. The summed E-state index contributed by atoms with van der Waals surface area (Å²) in [6.07, 6.45) is 2.16. The summed E-state index contributed by atoms with van der Waals surface area (Å²) in [5.74, 6) is 0.136. The summed E-state index contributed by atoms with van der Waals surface area (Å²) in [4.78, 5) is 16.1. The maximum absolute atomic E-state index is 11.9. The van der Waals surface area contributed by atoms with E-state index in [0.717, 1.165) is 16.8 Å². The third-order valence-electron chi connectivity index (χ3n) is 2.56. The van der Waals surface area contributed by atoms with Crippen molar-refractivity contribution >= 4 is 5.78 Å². The van der Waals surface area contributed by atoms with Crippen LogP contribution in [0.25, 0.3) is 0 Å². The first-order valence-electron chi connectivity index (χ1n) is 5.26. The SMILES string of the molecule is Cc1ncccc1CC(=O)c1ccccc1. The first kappa shape index (κ1) is 10.6. The third-order valence-corrected chi connectivity index (χ3v) is 2.56. The van der Waals surface area contributed by atoms with Crippen LogP contribution in [0, 0.1) is 6.92 Å². The first-order valence-corrected chi connectivity index (χ1v) is 5.26. The second kappa shape index (κ2) is 4.71. The summed E-state index contributed by atoms with van der Waals surface area (Å²) in [5.41, 5.74) is 2.67. The number of hydrogen-bond donors (Lipinski definition) is 0. The molecule has 0 N–H and O–H groups in total. The molecule has 2 heteroatoms. The van der Waals surface area contributed by atoms with Gasteiger partial charge in [-0.3, -0.25) is 9.78 Å². The van der Waals surface area contributed by atoms with Crippen LogP contribution in [0.4, 0.5) is 0 Å². The van der Waals surface area contributed by atoms with E-state index >= 15 is 0 Å². The predicted molar refractivity (Wildman–Crippen MR) is 63.5 cm³/mol. The minimum Gasteiger partial charge on any atom is -0.294 e. The Labute approximate surface area is 95.0 Å². The van der Waals surface area contributed by atoms with Crippen molar-refractivity contribution in [1.29, 1.82) is 0 Å². The van der Waals surface area contributed by atoms with E-state index in [0.29, 0.717) is 6.42 Å². The number of aryl methyl sites for hydroxylation is 1. The van der Waals surface area contributed by atoms with Crippen molar-refractivity contribution in [2.75, 3.05) is 0 Å². The molecule has 0 bridgehead atoms. The van der Waals surface area contributed by atoms with Crippen molar-refractivity contribution in [3.63, 3.8) is 0 Å². The number of carbonyl (C=O) groups excluding carboxylic acids is 1. The smallest absolute Gasteiger partial charge is 0.167 e. The molecule has 2 rings (SSSR count). The molecule has 2 nitrogen and oxygen atoms in total. The van der Waals surface area contributed by atoms with Gasteiger partial charge in [-0.1, -0.05) is 36.4 Å². The Hall–Kier alpha value is -1.96. The van der Waals surface area contributed by atoms with Gasteiger partial charge in [0.2, 0.25) is 0 Å². The van der Waals surface area contributed by atoms with Crippen molar-refractivity contribution in [3.8, 4) is 0 Å². The average molecular weight is 211 g/mol. The summed E-state index contributed by atoms with van der Waals surface area (Å²) in [6, 6.07) is 13.2. The molecule has 0 fully saturated rings. The molecule has 16 heavy (non-hydrogen) atoms. The quantitative estimate of drug-likeness (QED) is 0.731. The van der Waals surface area contributed by atoms with Crippen LogP contribution < -0.4 is 0 Å². The largest absolute Gasteiger partial charge is 0.294 e. The lowest BCUT2D eigenvalue weighted by Gasteiger charge is -2.03. The maximum atomic E-state index is 11.9. The molecule has 0 saturated carbocycles. The van der Waals surface area contributed by atoms with Crippen molar-refractivity contribution in [3.05, 3.63) is 65.5 Å². The molecule has 0 amide bonds. The second-order valence-corrected chi connectivity index (χ2v) is 3.71. The van der Waals surface area contributed by atoms with Crippen LogP contribution in [-0.4, -0.2) is 10.8 Å². The molecule has 0 saturated heterocycles. The van der Waals surface area contributed by atoms with Gasteiger partial charge in [-0.25, -0.2) is 0 Å². The molecule has 0 atom stereocenters. The van der Waals surface area contributed by atoms with Crippen LogP contribution >= 0.6 is 0 Å². The van der Waals surface area contributed by atoms with Crippen molar-refractivity contribution in [1.82, 2.24) is 4.98 Å². The van der Waals surface area contributed by atoms with Gasteiger partial charge in [0.1, 0.15) is 0 Å². The minimum absolute atomic E-state index is 0.136. The van der Waals surface area contributed by atoms with E-state index in [4.69, 9.17) is 0 Å². The highest BCUT2D eigenvalue weighted by Gasteiger charge is 2.08. The number of Topliss-reactive ketones (excluding diaryl/α,β-unsaturated/α-hetero) is 1. The van der Waals surface area contributed by atoms with Crippen molar-refractivity contribution in [2.24, 2.45) is 0 Å². The van der Waals surface area contributed by atoms with E-state index in [1.807, 2.05) is 49.4 Å². The molecule has 80 valence electrons. The van der Waals surface area contributed by atoms with Gasteiger partial charge >= 0.3 is 0 Å². The Balaban J connectivity index is 2.18. The van der Waals surface area contributed by atoms with E-state index < -0.39 is 0 Å². The van der Waals surface area contributed by atoms with Crippen molar-refractivity contribution < 1.29 is 4.79 Å². The standard InChI is InChI=1S/C14H13NO/c1-11-13(8-5-9-15-11)10-14(16)12-6-3-2-4-7-12/h2-9H,10H2,1H3. The lowest BCUT2D eigenvalue weighted by atomic mass is 10.0. The van der Waals surface area contributed by atoms with Crippen LogP contribution in [0.5, 0.6) is 0 Å². The Morgan fingerprint density at radius 3 is 2.56 bits per heavy atom. The lowest BCUT2D eigenvalue weighted by molar-refractivity contribution is 0.0992. The molecule has 0 aliphatic rings. The van der Waals surface area contributed by atoms with Gasteiger partial charge in [0.15, 0.2) is 5.78 Å². The molecule has 0 unspecified atom stereocenters. The lowest BCUT2D eigenvalue weighted by Crippen LogP contribution is -2.05. The Bertz CT molecular complexity index is 491. The fourth-order valence-corrected chi connectivity index (χ4v) is 1.60. The summed E-state index contributed by atoms with van der Waals surface area (Å²) in [7, 11) is 0. The van der Waals surface area contributed by atoms with Gasteiger partial charge < -0.3 is 0 Å². The van der Waals surface area contributed by atoms with Gasteiger partial charge in [-0.15, -0.1) is 0 Å². The number of carbonyl (C=O) groups is 1. The molecule has 0 aliphatic carbocycles. The number of rotatable bonds is 3. The van der Waals surface area contributed by atoms with Crippen LogP contribution in [0.3, 0.4) is 0 Å². The molecule has 0 radical (unpaired) electrons. The number of aromatic nitrogens is 1. The highest BCUT2D eigenvalue weighted by Crippen LogP contribution is 2.09. The monoisotopic (exact) mass is 211 g/mol. The predicted octanol–water partition coefficient (Wildman–Crippen LogP) is 2.82.